The van der Waals surface area contributed by atoms with Crippen LogP contribution in [0.5, 0.6) is 17.4 Å². The largest absolute Gasteiger partial charge is 0.490 e. The van der Waals surface area contributed by atoms with E-state index in [9.17, 15) is 4.79 Å². The molecule has 0 aliphatic carbocycles. The van der Waals surface area contributed by atoms with E-state index in [4.69, 9.17) is 9.47 Å². The molecule has 0 saturated heterocycles. The Morgan fingerprint density at radius 1 is 1.25 bits per heavy atom. The van der Waals surface area contributed by atoms with Gasteiger partial charge in [0.2, 0.25) is 5.88 Å². The summed E-state index contributed by atoms with van der Waals surface area (Å²) >= 11 is 0. The van der Waals surface area contributed by atoms with Crippen molar-refractivity contribution in [3.8, 4) is 17.4 Å². The second-order valence-electron chi connectivity index (χ2n) is 4.61. The summed E-state index contributed by atoms with van der Waals surface area (Å²) < 4.78 is 11.2. The van der Waals surface area contributed by atoms with Gasteiger partial charge in [-0.3, -0.25) is 4.79 Å². The third-order valence-electron chi connectivity index (χ3n) is 2.65. The Labute approximate surface area is 117 Å². The van der Waals surface area contributed by atoms with Gasteiger partial charge < -0.3 is 14.5 Å². The van der Waals surface area contributed by atoms with Gasteiger partial charge in [0, 0.05) is 5.92 Å². The van der Waals surface area contributed by atoms with Gasteiger partial charge in [0.25, 0.3) is 5.56 Å². The second-order valence-corrected chi connectivity index (χ2v) is 4.61. The molecule has 20 heavy (non-hydrogen) atoms. The van der Waals surface area contributed by atoms with Gasteiger partial charge in [-0.05, 0) is 19.1 Å². The quantitative estimate of drug-likeness (QED) is 0.910. The van der Waals surface area contributed by atoms with Crippen LogP contribution >= 0.6 is 0 Å². The number of aromatic amines is 1. The molecule has 0 bridgehead atoms. The molecule has 0 saturated carbocycles. The van der Waals surface area contributed by atoms with Crippen LogP contribution in [-0.2, 0) is 0 Å². The maximum Gasteiger partial charge on any atom is 0.254 e. The summed E-state index contributed by atoms with van der Waals surface area (Å²) in [5.74, 6) is 2.16. The first-order valence-electron chi connectivity index (χ1n) is 6.61. The monoisotopic (exact) mass is 274 g/mol. The van der Waals surface area contributed by atoms with Crippen molar-refractivity contribution in [3.05, 3.63) is 46.5 Å². The van der Waals surface area contributed by atoms with Gasteiger partial charge in [0.1, 0.15) is 5.82 Å². The average Bonchev–Trinajstić information content (AvgIpc) is 2.40. The van der Waals surface area contributed by atoms with Crippen molar-refractivity contribution >= 4 is 0 Å². The topological polar surface area (TPSA) is 64.2 Å². The van der Waals surface area contributed by atoms with Crippen molar-refractivity contribution in [1.82, 2.24) is 9.97 Å². The van der Waals surface area contributed by atoms with Crippen LogP contribution in [-0.4, -0.2) is 16.6 Å². The van der Waals surface area contributed by atoms with Crippen LogP contribution in [0.25, 0.3) is 0 Å². The van der Waals surface area contributed by atoms with Crippen LogP contribution in [0.2, 0.25) is 0 Å². The van der Waals surface area contributed by atoms with Crippen LogP contribution in [0.15, 0.2) is 35.1 Å². The first-order valence-corrected chi connectivity index (χ1v) is 6.61. The van der Waals surface area contributed by atoms with Gasteiger partial charge in [-0.25, -0.2) is 0 Å². The number of aromatic nitrogens is 2. The van der Waals surface area contributed by atoms with Gasteiger partial charge in [-0.2, -0.15) is 4.98 Å². The summed E-state index contributed by atoms with van der Waals surface area (Å²) in [5, 5.41) is 0. The number of nitrogens with zero attached hydrogens (tertiary/aromatic N) is 1. The molecule has 2 rings (SSSR count). The SMILES string of the molecule is CCOc1ccccc1Oc1cc(=O)[nH]c(C(C)C)n1. The first kappa shape index (κ1) is 14.1. The van der Waals surface area contributed by atoms with Crippen molar-refractivity contribution < 1.29 is 9.47 Å². The molecule has 1 N–H and O–H groups in total. The summed E-state index contributed by atoms with van der Waals surface area (Å²) in [4.78, 5) is 18.6. The highest BCUT2D eigenvalue weighted by molar-refractivity contribution is 5.41. The Balaban J connectivity index is 2.32. The number of hydrogen-bond donors (Lipinski definition) is 1. The lowest BCUT2D eigenvalue weighted by atomic mass is 10.2. The Bertz CT molecular complexity index is 635. The smallest absolute Gasteiger partial charge is 0.254 e. The molecule has 0 aliphatic rings. The van der Waals surface area contributed by atoms with Gasteiger partial charge in [-0.15, -0.1) is 0 Å². The molecule has 1 heterocycles. The third kappa shape index (κ3) is 3.38. The second kappa shape index (κ2) is 6.23. The summed E-state index contributed by atoms with van der Waals surface area (Å²) in [6.07, 6.45) is 0. The van der Waals surface area contributed by atoms with Crippen LogP contribution < -0.4 is 15.0 Å². The Kier molecular flexibility index (Phi) is 4.40. The van der Waals surface area contributed by atoms with Crippen LogP contribution in [0.3, 0.4) is 0 Å². The zero-order valence-electron chi connectivity index (χ0n) is 11.8. The van der Waals surface area contributed by atoms with E-state index in [1.807, 2.05) is 39.0 Å². The van der Waals surface area contributed by atoms with E-state index in [2.05, 4.69) is 9.97 Å². The maximum atomic E-state index is 11.6. The fourth-order valence-corrected chi connectivity index (χ4v) is 1.70. The molecule has 1 aromatic heterocycles. The molecule has 0 radical (unpaired) electrons. The molecule has 0 aliphatic heterocycles. The molecule has 0 atom stereocenters. The minimum absolute atomic E-state index is 0.119. The molecule has 0 unspecified atom stereocenters. The predicted octanol–water partition coefficient (Wildman–Crippen LogP) is 3.08. The summed E-state index contributed by atoms with van der Waals surface area (Å²) in [6, 6.07) is 8.63. The number of para-hydroxylation sites is 2. The predicted molar refractivity (Wildman–Crippen MR) is 76.6 cm³/mol. The van der Waals surface area contributed by atoms with Gasteiger partial charge in [0.05, 0.1) is 12.7 Å². The van der Waals surface area contributed by atoms with Crippen molar-refractivity contribution in [2.75, 3.05) is 6.61 Å². The van der Waals surface area contributed by atoms with Gasteiger partial charge >= 0.3 is 0 Å². The van der Waals surface area contributed by atoms with E-state index in [1.165, 1.54) is 6.07 Å². The first-order chi connectivity index (χ1) is 9.60. The zero-order chi connectivity index (χ0) is 14.5. The molecular formula is C15H18N2O3. The van der Waals surface area contributed by atoms with Crippen molar-refractivity contribution in [3.63, 3.8) is 0 Å². The summed E-state index contributed by atoms with van der Waals surface area (Å²) in [5.41, 5.74) is -0.229. The van der Waals surface area contributed by atoms with Crippen molar-refractivity contribution in [1.29, 1.82) is 0 Å². The number of ether oxygens (including phenoxy) is 2. The molecule has 5 nitrogen and oxygen atoms in total. The molecule has 1 aromatic carbocycles. The van der Waals surface area contributed by atoms with Gasteiger partial charge in [0.15, 0.2) is 11.5 Å². The van der Waals surface area contributed by atoms with Crippen LogP contribution in [0.1, 0.15) is 32.5 Å². The zero-order valence-corrected chi connectivity index (χ0v) is 11.8. The van der Waals surface area contributed by atoms with E-state index < -0.39 is 0 Å². The molecule has 0 amide bonds. The van der Waals surface area contributed by atoms with Crippen molar-refractivity contribution in [2.24, 2.45) is 0 Å². The van der Waals surface area contributed by atoms with Crippen LogP contribution in [0.4, 0.5) is 0 Å². The van der Waals surface area contributed by atoms with E-state index >= 15 is 0 Å². The molecule has 106 valence electrons. The third-order valence-corrected chi connectivity index (χ3v) is 2.65. The number of hydrogen-bond acceptors (Lipinski definition) is 4. The maximum absolute atomic E-state index is 11.6. The lowest BCUT2D eigenvalue weighted by Gasteiger charge is -2.11. The van der Waals surface area contributed by atoms with E-state index in [1.54, 1.807) is 6.07 Å². The van der Waals surface area contributed by atoms with Crippen LogP contribution in [0, 0.1) is 0 Å². The van der Waals surface area contributed by atoms with Crippen molar-refractivity contribution in [2.45, 2.75) is 26.7 Å². The highest BCUT2D eigenvalue weighted by atomic mass is 16.5. The number of H-pyrrole nitrogens is 1. The molecule has 5 heteroatoms. The number of nitrogens with one attached hydrogen (secondary N) is 1. The molecule has 0 spiro atoms. The van der Waals surface area contributed by atoms with E-state index in [0.29, 0.717) is 23.9 Å². The standard InChI is InChI=1S/C15H18N2O3/c1-4-19-11-7-5-6-8-12(11)20-14-9-13(18)16-15(17-14)10(2)3/h5-10H,4H2,1-3H3,(H,16,17,18). The lowest BCUT2D eigenvalue weighted by molar-refractivity contribution is 0.319. The highest BCUT2D eigenvalue weighted by Crippen LogP contribution is 2.30. The Morgan fingerprint density at radius 3 is 2.60 bits per heavy atom. The van der Waals surface area contributed by atoms with E-state index in [-0.39, 0.29) is 17.4 Å². The lowest BCUT2D eigenvalue weighted by Crippen LogP contribution is -2.12. The Morgan fingerprint density at radius 2 is 1.95 bits per heavy atom. The summed E-state index contributed by atoms with van der Waals surface area (Å²) in [7, 11) is 0. The minimum atomic E-state index is -0.229. The Hall–Kier alpha value is -2.30. The molecular weight excluding hydrogens is 256 g/mol. The molecule has 0 fully saturated rings. The van der Waals surface area contributed by atoms with Gasteiger partial charge in [-0.1, -0.05) is 26.0 Å². The minimum Gasteiger partial charge on any atom is -0.490 e. The fourth-order valence-electron chi connectivity index (χ4n) is 1.70. The normalized spacial score (nSPS) is 10.6. The number of rotatable bonds is 5. The molecule has 2 aromatic rings. The van der Waals surface area contributed by atoms with E-state index in [0.717, 1.165) is 0 Å². The fraction of sp³-hybridized carbons (Fsp3) is 0.333. The number of benzene rings is 1. The summed E-state index contributed by atoms with van der Waals surface area (Å²) in [6.45, 7) is 6.35. The highest BCUT2D eigenvalue weighted by Gasteiger charge is 2.09. The average molecular weight is 274 g/mol.